The molecule has 0 bridgehead atoms. The highest BCUT2D eigenvalue weighted by Gasteiger charge is 2.23. The van der Waals surface area contributed by atoms with Gasteiger partial charge in [-0.15, -0.1) is 0 Å². The van der Waals surface area contributed by atoms with Gasteiger partial charge in [0.15, 0.2) is 0 Å². The third-order valence-electron chi connectivity index (χ3n) is 3.86. The number of piperazine rings is 1. The van der Waals surface area contributed by atoms with Gasteiger partial charge >= 0.3 is 6.03 Å². The maximum Gasteiger partial charge on any atom is 0.317 e. The molecule has 7 nitrogen and oxygen atoms in total. The number of urea groups is 1. The van der Waals surface area contributed by atoms with Gasteiger partial charge in [-0.2, -0.15) is 0 Å². The zero-order valence-corrected chi connectivity index (χ0v) is 13.2. The Bertz CT molecular complexity index is 609. The summed E-state index contributed by atoms with van der Waals surface area (Å²) in [6.45, 7) is 4.79. The maximum absolute atomic E-state index is 12.3. The van der Waals surface area contributed by atoms with Gasteiger partial charge in [-0.3, -0.25) is 0 Å². The molecule has 0 spiro atoms. The summed E-state index contributed by atoms with van der Waals surface area (Å²) in [6, 6.07) is 5.57. The topological polar surface area (TPSA) is 74.5 Å². The van der Waals surface area contributed by atoms with Crippen LogP contribution in [0.3, 0.4) is 0 Å². The molecule has 2 aromatic heterocycles. The molecule has 7 heteroatoms. The number of amides is 2. The summed E-state index contributed by atoms with van der Waals surface area (Å²) >= 11 is 0. The van der Waals surface area contributed by atoms with Crippen LogP contribution in [0.2, 0.25) is 0 Å². The van der Waals surface area contributed by atoms with Crippen LogP contribution in [0.5, 0.6) is 0 Å². The van der Waals surface area contributed by atoms with Crippen LogP contribution < -0.4 is 10.2 Å². The number of hydrogen-bond acceptors (Lipinski definition) is 5. The highest BCUT2D eigenvalue weighted by atomic mass is 16.3. The van der Waals surface area contributed by atoms with Gasteiger partial charge in [-0.05, 0) is 25.1 Å². The quantitative estimate of drug-likeness (QED) is 0.926. The highest BCUT2D eigenvalue weighted by molar-refractivity contribution is 5.74. The fourth-order valence-electron chi connectivity index (χ4n) is 2.65. The van der Waals surface area contributed by atoms with Crippen molar-refractivity contribution < 1.29 is 9.21 Å². The Morgan fingerprint density at radius 1 is 1.26 bits per heavy atom. The number of furan rings is 1. The molecule has 3 rings (SSSR count). The molecule has 1 fully saturated rings. The summed E-state index contributed by atoms with van der Waals surface area (Å²) in [5.74, 6) is 1.60. The van der Waals surface area contributed by atoms with Crippen molar-refractivity contribution in [3.8, 4) is 0 Å². The molecule has 0 radical (unpaired) electrons. The minimum Gasteiger partial charge on any atom is -0.469 e. The van der Waals surface area contributed by atoms with Crippen molar-refractivity contribution in [2.24, 2.45) is 0 Å². The number of rotatable bonds is 4. The summed E-state index contributed by atoms with van der Waals surface area (Å²) in [6.07, 6.45) is 5.81. The van der Waals surface area contributed by atoms with E-state index in [1.165, 1.54) is 0 Å². The smallest absolute Gasteiger partial charge is 0.317 e. The fraction of sp³-hybridized carbons (Fsp3) is 0.438. The normalized spacial score (nSPS) is 16.2. The largest absolute Gasteiger partial charge is 0.469 e. The third-order valence-corrected chi connectivity index (χ3v) is 3.86. The standard InChI is InChI=1S/C16H21N5O2/c1-13(12-14-4-2-11-23-14)19-16(22)21-9-7-20(8-10-21)15-17-5-3-6-18-15/h2-6,11,13H,7-10,12H2,1H3,(H,19,22)/t13-/m1/s1. The van der Waals surface area contributed by atoms with E-state index >= 15 is 0 Å². The second-order valence-corrected chi connectivity index (χ2v) is 5.66. The lowest BCUT2D eigenvalue weighted by atomic mass is 10.2. The molecule has 1 atom stereocenters. The Labute approximate surface area is 135 Å². The zero-order valence-electron chi connectivity index (χ0n) is 13.2. The van der Waals surface area contributed by atoms with E-state index in [4.69, 9.17) is 4.42 Å². The minimum absolute atomic E-state index is 0.0299. The molecule has 0 aliphatic carbocycles. The number of carbonyl (C=O) groups is 1. The molecular weight excluding hydrogens is 294 g/mol. The first-order valence-electron chi connectivity index (χ1n) is 7.82. The van der Waals surface area contributed by atoms with E-state index < -0.39 is 0 Å². The average Bonchev–Trinajstić information content (AvgIpc) is 3.08. The van der Waals surface area contributed by atoms with Crippen LogP contribution in [-0.2, 0) is 6.42 Å². The molecule has 1 N–H and O–H groups in total. The molecule has 2 aromatic rings. The van der Waals surface area contributed by atoms with Crippen LogP contribution >= 0.6 is 0 Å². The molecule has 1 aliphatic rings. The van der Waals surface area contributed by atoms with Crippen LogP contribution in [0, 0.1) is 0 Å². The Hall–Kier alpha value is -2.57. The highest BCUT2D eigenvalue weighted by Crippen LogP contribution is 2.10. The molecule has 3 heterocycles. The van der Waals surface area contributed by atoms with Gasteiger partial charge in [0.05, 0.1) is 6.26 Å². The van der Waals surface area contributed by atoms with Gasteiger partial charge in [-0.1, -0.05) is 0 Å². The predicted octanol–water partition coefficient (Wildman–Crippen LogP) is 1.53. The Balaban J connectivity index is 1.46. The SMILES string of the molecule is C[C@H](Cc1ccco1)NC(=O)N1CCN(c2ncccn2)CC1. The lowest BCUT2D eigenvalue weighted by molar-refractivity contribution is 0.190. The number of nitrogens with one attached hydrogen (secondary N) is 1. The van der Waals surface area contributed by atoms with E-state index in [-0.39, 0.29) is 12.1 Å². The first-order valence-corrected chi connectivity index (χ1v) is 7.82. The van der Waals surface area contributed by atoms with Crippen LogP contribution in [0.25, 0.3) is 0 Å². The summed E-state index contributed by atoms with van der Waals surface area (Å²) in [5.41, 5.74) is 0. The molecule has 0 aromatic carbocycles. The molecule has 122 valence electrons. The van der Waals surface area contributed by atoms with Gasteiger partial charge in [0.1, 0.15) is 5.76 Å². The Morgan fingerprint density at radius 3 is 2.65 bits per heavy atom. The number of aromatic nitrogens is 2. The first-order chi connectivity index (χ1) is 11.2. The maximum atomic E-state index is 12.3. The van der Waals surface area contributed by atoms with Gasteiger partial charge in [0.25, 0.3) is 0 Å². The van der Waals surface area contributed by atoms with Crippen LogP contribution in [0.4, 0.5) is 10.7 Å². The van der Waals surface area contributed by atoms with E-state index in [2.05, 4.69) is 20.2 Å². The zero-order chi connectivity index (χ0) is 16.1. The summed E-state index contributed by atoms with van der Waals surface area (Å²) in [7, 11) is 0. The Kier molecular flexibility index (Phi) is 4.75. The van der Waals surface area contributed by atoms with Gasteiger partial charge in [-0.25, -0.2) is 14.8 Å². The predicted molar refractivity (Wildman–Crippen MR) is 86.2 cm³/mol. The molecule has 2 amide bonds. The molecule has 23 heavy (non-hydrogen) atoms. The summed E-state index contributed by atoms with van der Waals surface area (Å²) in [4.78, 5) is 24.7. The molecule has 0 saturated carbocycles. The molecule has 0 unspecified atom stereocenters. The minimum atomic E-state index is -0.0299. The van der Waals surface area contributed by atoms with Crippen molar-refractivity contribution in [2.45, 2.75) is 19.4 Å². The number of hydrogen-bond donors (Lipinski definition) is 1. The van der Waals surface area contributed by atoms with E-state index in [1.807, 2.05) is 24.0 Å². The second-order valence-electron chi connectivity index (χ2n) is 5.66. The molecular formula is C16H21N5O2. The van der Waals surface area contributed by atoms with E-state index in [9.17, 15) is 4.79 Å². The second kappa shape index (κ2) is 7.13. The van der Waals surface area contributed by atoms with E-state index in [0.29, 0.717) is 19.5 Å². The van der Waals surface area contributed by atoms with Crippen molar-refractivity contribution in [1.29, 1.82) is 0 Å². The first kappa shape index (κ1) is 15.3. The van der Waals surface area contributed by atoms with E-state index in [1.54, 1.807) is 24.7 Å². The van der Waals surface area contributed by atoms with Gasteiger partial charge in [0, 0.05) is 51.0 Å². The monoisotopic (exact) mass is 315 g/mol. The van der Waals surface area contributed by atoms with Gasteiger partial charge < -0.3 is 19.5 Å². The van der Waals surface area contributed by atoms with Crippen molar-refractivity contribution in [2.75, 3.05) is 31.1 Å². The summed E-state index contributed by atoms with van der Waals surface area (Å²) < 4.78 is 5.31. The van der Waals surface area contributed by atoms with Crippen molar-refractivity contribution >= 4 is 12.0 Å². The van der Waals surface area contributed by atoms with Gasteiger partial charge in [0.2, 0.25) is 5.95 Å². The number of carbonyl (C=O) groups excluding carboxylic acids is 1. The van der Waals surface area contributed by atoms with Crippen LogP contribution in [-0.4, -0.2) is 53.1 Å². The Morgan fingerprint density at radius 2 is 2.00 bits per heavy atom. The molecule has 1 saturated heterocycles. The lowest BCUT2D eigenvalue weighted by Crippen LogP contribution is -2.53. The summed E-state index contributed by atoms with van der Waals surface area (Å²) in [5, 5.41) is 3.02. The number of nitrogens with zero attached hydrogens (tertiary/aromatic N) is 4. The molecule has 1 aliphatic heterocycles. The third kappa shape index (κ3) is 4.00. The van der Waals surface area contributed by atoms with E-state index in [0.717, 1.165) is 24.8 Å². The van der Waals surface area contributed by atoms with Crippen LogP contribution in [0.15, 0.2) is 41.3 Å². The van der Waals surface area contributed by atoms with Crippen LogP contribution in [0.1, 0.15) is 12.7 Å². The average molecular weight is 315 g/mol. The lowest BCUT2D eigenvalue weighted by Gasteiger charge is -2.35. The van der Waals surface area contributed by atoms with Crippen molar-refractivity contribution in [1.82, 2.24) is 20.2 Å². The van der Waals surface area contributed by atoms with Crippen molar-refractivity contribution in [3.63, 3.8) is 0 Å². The fourth-order valence-corrected chi connectivity index (χ4v) is 2.65. The van der Waals surface area contributed by atoms with Crippen molar-refractivity contribution in [3.05, 3.63) is 42.6 Å². The number of anilines is 1.